The minimum atomic E-state index is -0.279. The number of amides is 1. The van der Waals surface area contributed by atoms with E-state index >= 15 is 0 Å². The zero-order valence-corrected chi connectivity index (χ0v) is 14.4. The van der Waals surface area contributed by atoms with Gasteiger partial charge in [-0.05, 0) is 30.7 Å². The largest absolute Gasteiger partial charge is 0.492 e. The van der Waals surface area contributed by atoms with Gasteiger partial charge in [-0.1, -0.05) is 47.7 Å². The van der Waals surface area contributed by atoms with Gasteiger partial charge >= 0.3 is 0 Å². The zero-order valence-electron chi connectivity index (χ0n) is 13.6. The van der Waals surface area contributed by atoms with Gasteiger partial charge in [0, 0.05) is 13.1 Å². The molecule has 1 aromatic heterocycles. The van der Waals surface area contributed by atoms with Crippen LogP contribution in [0, 0.1) is 0 Å². The zero-order chi connectivity index (χ0) is 16.9. The summed E-state index contributed by atoms with van der Waals surface area (Å²) in [4.78, 5) is 17.0. The smallest absolute Gasteiger partial charge is 0.272 e. The monoisotopic (exact) mass is 338 g/mol. The number of carbonyl (C=O) groups is 1. The Kier molecular flexibility index (Phi) is 4.91. The van der Waals surface area contributed by atoms with Gasteiger partial charge in [0.15, 0.2) is 4.80 Å². The van der Waals surface area contributed by atoms with Gasteiger partial charge in [-0.2, -0.15) is 4.99 Å². The maximum Gasteiger partial charge on any atom is 0.272 e. The summed E-state index contributed by atoms with van der Waals surface area (Å²) in [5.74, 6) is 0.529. The number of carbonyl (C=O) groups excluding carboxylic acids is 1. The van der Waals surface area contributed by atoms with Crippen molar-refractivity contribution in [1.29, 1.82) is 0 Å². The van der Waals surface area contributed by atoms with Crippen LogP contribution in [0.5, 0.6) is 5.75 Å². The van der Waals surface area contributed by atoms with Crippen LogP contribution in [0.3, 0.4) is 0 Å². The van der Waals surface area contributed by atoms with Crippen LogP contribution in [0.15, 0.2) is 59.6 Å². The Morgan fingerprint density at radius 1 is 1.21 bits per heavy atom. The molecule has 0 saturated heterocycles. The summed E-state index contributed by atoms with van der Waals surface area (Å²) in [6.45, 7) is 2.55. The molecule has 0 aliphatic heterocycles. The highest BCUT2D eigenvalue weighted by atomic mass is 32.1. The fourth-order valence-electron chi connectivity index (χ4n) is 2.41. The first-order valence-electron chi connectivity index (χ1n) is 7.72. The number of para-hydroxylation sites is 1. The van der Waals surface area contributed by atoms with Crippen molar-refractivity contribution in [2.75, 3.05) is 6.61 Å². The molecule has 4 nitrogen and oxygen atoms in total. The SMILES string of the molecule is CCOc1cccc2sc(=NC(=O)/C=C/c3ccccc3)n(C)c12. The molecule has 0 bridgehead atoms. The van der Waals surface area contributed by atoms with E-state index in [0.29, 0.717) is 11.4 Å². The van der Waals surface area contributed by atoms with Gasteiger partial charge in [-0.3, -0.25) is 4.79 Å². The lowest BCUT2D eigenvalue weighted by Crippen LogP contribution is -2.12. The van der Waals surface area contributed by atoms with Gasteiger partial charge in [-0.15, -0.1) is 0 Å². The average molecular weight is 338 g/mol. The van der Waals surface area contributed by atoms with Gasteiger partial charge < -0.3 is 9.30 Å². The number of hydrogen-bond donors (Lipinski definition) is 0. The van der Waals surface area contributed by atoms with Crippen LogP contribution >= 0.6 is 11.3 Å². The second-order valence-corrected chi connectivity index (χ2v) is 6.18. The quantitative estimate of drug-likeness (QED) is 0.680. The number of ether oxygens (including phenoxy) is 1. The van der Waals surface area contributed by atoms with E-state index in [-0.39, 0.29) is 5.91 Å². The number of nitrogens with zero attached hydrogens (tertiary/aromatic N) is 2. The molecule has 0 fully saturated rings. The third-order valence-electron chi connectivity index (χ3n) is 3.51. The summed E-state index contributed by atoms with van der Waals surface area (Å²) in [6.07, 6.45) is 3.26. The van der Waals surface area contributed by atoms with Crippen LogP contribution in [-0.2, 0) is 11.8 Å². The summed E-state index contributed by atoms with van der Waals surface area (Å²) < 4.78 is 8.61. The van der Waals surface area contributed by atoms with Crippen LogP contribution in [0.2, 0.25) is 0 Å². The molecular weight excluding hydrogens is 320 g/mol. The van der Waals surface area contributed by atoms with E-state index in [1.807, 2.05) is 67.1 Å². The van der Waals surface area contributed by atoms with Crippen molar-refractivity contribution in [2.24, 2.45) is 12.0 Å². The summed E-state index contributed by atoms with van der Waals surface area (Å²) in [7, 11) is 1.90. The number of fused-ring (bicyclic) bond motifs is 1. The molecule has 122 valence electrons. The Hall–Kier alpha value is -2.66. The molecule has 3 rings (SSSR count). The lowest BCUT2D eigenvalue weighted by Gasteiger charge is -2.05. The molecule has 0 N–H and O–H groups in total. The molecule has 1 amide bonds. The van der Waals surface area contributed by atoms with E-state index in [4.69, 9.17) is 4.74 Å². The van der Waals surface area contributed by atoms with E-state index < -0.39 is 0 Å². The van der Waals surface area contributed by atoms with Crippen molar-refractivity contribution >= 4 is 33.5 Å². The summed E-state index contributed by atoms with van der Waals surface area (Å²) in [5, 5.41) is 0. The van der Waals surface area contributed by atoms with Gasteiger partial charge in [0.1, 0.15) is 11.3 Å². The normalized spacial score (nSPS) is 12.2. The number of benzene rings is 2. The third kappa shape index (κ3) is 3.46. The van der Waals surface area contributed by atoms with Crippen molar-refractivity contribution in [2.45, 2.75) is 6.92 Å². The maximum absolute atomic E-state index is 12.1. The minimum absolute atomic E-state index is 0.279. The Balaban J connectivity index is 1.95. The first-order valence-corrected chi connectivity index (χ1v) is 8.54. The Bertz CT molecular complexity index is 952. The molecule has 2 aromatic carbocycles. The molecule has 24 heavy (non-hydrogen) atoms. The molecule has 0 aliphatic carbocycles. The van der Waals surface area contributed by atoms with Crippen LogP contribution in [-0.4, -0.2) is 17.1 Å². The first-order chi connectivity index (χ1) is 11.7. The lowest BCUT2D eigenvalue weighted by atomic mass is 10.2. The summed E-state index contributed by atoms with van der Waals surface area (Å²) in [6, 6.07) is 15.6. The first kappa shape index (κ1) is 16.2. The highest BCUT2D eigenvalue weighted by Gasteiger charge is 2.09. The van der Waals surface area contributed by atoms with Gasteiger partial charge in [-0.25, -0.2) is 0 Å². The topological polar surface area (TPSA) is 43.6 Å². The van der Waals surface area contributed by atoms with Crippen LogP contribution in [0.1, 0.15) is 12.5 Å². The van der Waals surface area contributed by atoms with E-state index in [1.165, 1.54) is 17.4 Å². The molecule has 0 saturated carbocycles. The fraction of sp³-hybridized carbons (Fsp3) is 0.158. The van der Waals surface area contributed by atoms with Gasteiger partial charge in [0.2, 0.25) is 0 Å². The maximum atomic E-state index is 12.1. The molecule has 0 atom stereocenters. The third-order valence-corrected chi connectivity index (χ3v) is 4.61. The Labute approximate surface area is 144 Å². The van der Waals surface area contributed by atoms with Crippen LogP contribution in [0.4, 0.5) is 0 Å². The average Bonchev–Trinajstić information content (AvgIpc) is 2.91. The van der Waals surface area contributed by atoms with Crippen molar-refractivity contribution in [1.82, 2.24) is 4.57 Å². The van der Waals surface area contributed by atoms with Crippen molar-refractivity contribution in [3.63, 3.8) is 0 Å². The van der Waals surface area contributed by atoms with Crippen molar-refractivity contribution < 1.29 is 9.53 Å². The number of aryl methyl sites for hydroxylation is 1. The Morgan fingerprint density at radius 2 is 2.00 bits per heavy atom. The number of rotatable bonds is 4. The standard InChI is InChI=1S/C19H18N2O2S/c1-3-23-15-10-7-11-16-18(15)21(2)19(24-16)20-17(22)13-12-14-8-5-4-6-9-14/h4-13H,3H2,1-2H3/b13-12+,20-19?. The van der Waals surface area contributed by atoms with E-state index in [2.05, 4.69) is 4.99 Å². The van der Waals surface area contributed by atoms with E-state index in [9.17, 15) is 4.79 Å². The van der Waals surface area contributed by atoms with Crippen LogP contribution < -0.4 is 9.54 Å². The molecule has 0 unspecified atom stereocenters. The van der Waals surface area contributed by atoms with Gasteiger partial charge in [0.05, 0.1) is 11.3 Å². The summed E-state index contributed by atoms with van der Waals surface area (Å²) >= 11 is 1.48. The summed E-state index contributed by atoms with van der Waals surface area (Å²) in [5.41, 5.74) is 1.93. The second-order valence-electron chi connectivity index (χ2n) is 5.17. The highest BCUT2D eigenvalue weighted by molar-refractivity contribution is 7.16. The predicted molar refractivity (Wildman–Crippen MR) is 98.0 cm³/mol. The van der Waals surface area contributed by atoms with Crippen molar-refractivity contribution in [3.05, 3.63) is 65.0 Å². The molecule has 3 aromatic rings. The number of aromatic nitrogens is 1. The van der Waals surface area contributed by atoms with Crippen LogP contribution in [0.25, 0.3) is 16.3 Å². The molecular formula is C19H18N2O2S. The second kappa shape index (κ2) is 7.27. The predicted octanol–water partition coefficient (Wildman–Crippen LogP) is 3.78. The fourth-order valence-corrected chi connectivity index (χ4v) is 3.45. The van der Waals surface area contributed by atoms with E-state index in [0.717, 1.165) is 21.5 Å². The molecule has 0 aliphatic rings. The molecule has 1 heterocycles. The molecule has 0 radical (unpaired) electrons. The minimum Gasteiger partial charge on any atom is -0.492 e. The highest BCUT2D eigenvalue weighted by Crippen LogP contribution is 2.26. The lowest BCUT2D eigenvalue weighted by molar-refractivity contribution is -0.113. The molecule has 5 heteroatoms. The van der Waals surface area contributed by atoms with E-state index in [1.54, 1.807) is 6.08 Å². The number of thiazole rings is 1. The number of hydrogen-bond acceptors (Lipinski definition) is 3. The van der Waals surface area contributed by atoms with Gasteiger partial charge in [0.25, 0.3) is 5.91 Å². The van der Waals surface area contributed by atoms with Crippen molar-refractivity contribution in [3.8, 4) is 5.75 Å². The molecule has 0 spiro atoms. The Morgan fingerprint density at radius 3 is 2.75 bits per heavy atom.